The highest BCUT2D eigenvalue weighted by Gasteiger charge is 2.44. The molecule has 39 heavy (non-hydrogen) atoms. The fourth-order valence-corrected chi connectivity index (χ4v) is 5.58. The Morgan fingerprint density at radius 3 is 2.59 bits per heavy atom. The number of nitrogens with one attached hydrogen (secondary N) is 2. The van der Waals surface area contributed by atoms with Gasteiger partial charge in [-0.05, 0) is 43.2 Å². The number of piperazine rings is 1. The molecular weight excluding hydrogens is 490 g/mol. The third kappa shape index (κ3) is 4.52. The normalized spacial score (nSPS) is 18.7. The molecule has 5 aromatic rings. The van der Waals surface area contributed by atoms with Gasteiger partial charge in [0.25, 0.3) is 0 Å². The second-order valence-corrected chi connectivity index (χ2v) is 10.2. The molecule has 2 N–H and O–H groups in total. The van der Waals surface area contributed by atoms with Crippen molar-refractivity contribution in [2.75, 3.05) is 30.4 Å². The molecule has 4 aromatic heterocycles. The molecule has 196 valence electrons. The Morgan fingerprint density at radius 2 is 1.87 bits per heavy atom. The lowest BCUT2D eigenvalue weighted by atomic mass is 9.87. The molecule has 2 atom stereocenters. The van der Waals surface area contributed by atoms with E-state index in [2.05, 4.69) is 48.5 Å². The van der Waals surface area contributed by atoms with Crippen molar-refractivity contribution in [2.45, 2.75) is 32.0 Å². The summed E-state index contributed by atoms with van der Waals surface area (Å²) in [5.41, 5.74) is 3.94. The van der Waals surface area contributed by atoms with E-state index in [-0.39, 0.29) is 0 Å². The fourth-order valence-electron chi connectivity index (χ4n) is 5.58. The van der Waals surface area contributed by atoms with E-state index in [9.17, 15) is 0 Å². The number of aromatic nitrogens is 6. The Kier molecular flexibility index (Phi) is 5.81. The van der Waals surface area contributed by atoms with Crippen LogP contribution in [0.5, 0.6) is 5.88 Å². The number of benzene rings is 1. The zero-order chi connectivity index (χ0) is 26.3. The molecular formula is C29H29N9O. The van der Waals surface area contributed by atoms with Crippen LogP contribution < -0.4 is 15.0 Å². The van der Waals surface area contributed by atoms with E-state index < -0.39 is 0 Å². The second-order valence-electron chi connectivity index (χ2n) is 10.2. The van der Waals surface area contributed by atoms with E-state index in [0.717, 1.165) is 59.2 Å². The molecule has 0 spiro atoms. The van der Waals surface area contributed by atoms with Gasteiger partial charge in [0.05, 0.1) is 12.6 Å². The van der Waals surface area contributed by atoms with Crippen LogP contribution in [0.15, 0.2) is 67.0 Å². The highest BCUT2D eigenvalue weighted by Crippen LogP contribution is 2.36. The van der Waals surface area contributed by atoms with Crippen LogP contribution in [0.1, 0.15) is 17.7 Å². The lowest BCUT2D eigenvalue weighted by Crippen LogP contribution is -2.68. The second kappa shape index (κ2) is 9.63. The Balaban J connectivity index is 1.07. The first kappa shape index (κ1) is 23.5. The molecule has 3 fully saturated rings. The average molecular weight is 520 g/mol. The molecule has 10 nitrogen and oxygen atoms in total. The fraction of sp³-hybridized carbons (Fsp3) is 0.276. The summed E-state index contributed by atoms with van der Waals surface area (Å²) in [6.45, 7) is 4.82. The summed E-state index contributed by atoms with van der Waals surface area (Å²) >= 11 is 0. The SMILES string of the molecule is COc1ccc(CN2C3CC2CN(c2ccc(-c4nc(Nc5cc(C)[nH]n5)c5ccccc5n4)cn2)C3)cn1. The van der Waals surface area contributed by atoms with E-state index in [0.29, 0.717) is 23.8 Å². The third-order valence-electron chi connectivity index (χ3n) is 7.60. The van der Waals surface area contributed by atoms with Gasteiger partial charge >= 0.3 is 0 Å². The standard InChI is InChI=1S/C29H29N9O/c1-18-11-25(36-35-18)33-29-23-5-3-4-6-24(23)32-28(34-29)20-8-9-26(30-14-20)37-16-21-12-22(17-37)38(21)15-19-7-10-27(39-2)31-13-19/h3-11,13-14,21-22H,12,15-17H2,1-2H3,(H2,32,33,34,35,36). The smallest absolute Gasteiger partial charge is 0.212 e. The molecule has 1 aromatic carbocycles. The average Bonchev–Trinajstić information content (AvgIpc) is 3.40. The van der Waals surface area contributed by atoms with Crippen molar-refractivity contribution < 1.29 is 4.74 Å². The van der Waals surface area contributed by atoms with Gasteiger partial charge in [0.1, 0.15) is 11.6 Å². The first-order valence-electron chi connectivity index (χ1n) is 13.1. The summed E-state index contributed by atoms with van der Waals surface area (Å²) in [4.78, 5) is 23.8. The van der Waals surface area contributed by atoms with E-state index >= 15 is 0 Å². The number of fused-ring (bicyclic) bond motifs is 3. The van der Waals surface area contributed by atoms with Crippen LogP contribution in [0.4, 0.5) is 17.5 Å². The Bertz CT molecular complexity index is 1600. The third-order valence-corrected chi connectivity index (χ3v) is 7.60. The van der Waals surface area contributed by atoms with Crippen LogP contribution >= 0.6 is 0 Å². The number of pyridine rings is 2. The molecule has 10 heteroatoms. The topological polar surface area (TPSA) is 108 Å². The number of hydrogen-bond acceptors (Lipinski definition) is 9. The van der Waals surface area contributed by atoms with Crippen molar-refractivity contribution in [3.05, 3.63) is 78.2 Å². The molecule has 2 bridgehead atoms. The van der Waals surface area contributed by atoms with E-state index in [4.69, 9.17) is 19.7 Å². The summed E-state index contributed by atoms with van der Waals surface area (Å²) in [5.74, 6) is 3.71. The minimum absolute atomic E-state index is 0.524. The summed E-state index contributed by atoms with van der Waals surface area (Å²) in [5, 5.41) is 11.5. The Morgan fingerprint density at radius 1 is 1.00 bits per heavy atom. The van der Waals surface area contributed by atoms with Crippen molar-refractivity contribution in [3.8, 4) is 17.3 Å². The zero-order valence-electron chi connectivity index (χ0n) is 21.9. The molecule has 0 amide bonds. The summed E-state index contributed by atoms with van der Waals surface area (Å²) in [6, 6.07) is 19.2. The lowest BCUT2D eigenvalue weighted by Gasteiger charge is -2.56. The minimum Gasteiger partial charge on any atom is -0.481 e. The van der Waals surface area contributed by atoms with Gasteiger partial charge in [0.2, 0.25) is 5.88 Å². The molecule has 7 heterocycles. The number of para-hydroxylation sites is 1. The predicted octanol–water partition coefficient (Wildman–Crippen LogP) is 4.33. The number of nitrogens with zero attached hydrogens (tertiary/aromatic N) is 7. The molecule has 0 saturated carbocycles. The number of H-pyrrole nitrogens is 1. The number of aromatic amines is 1. The maximum absolute atomic E-state index is 5.19. The molecule has 3 aliphatic heterocycles. The summed E-state index contributed by atoms with van der Waals surface area (Å²) in [6.07, 6.45) is 5.02. The van der Waals surface area contributed by atoms with Gasteiger partial charge in [-0.1, -0.05) is 18.2 Å². The maximum atomic E-state index is 5.19. The van der Waals surface area contributed by atoms with Crippen LogP contribution in [0.2, 0.25) is 0 Å². The van der Waals surface area contributed by atoms with Crippen LogP contribution in [0, 0.1) is 6.92 Å². The van der Waals surface area contributed by atoms with Gasteiger partial charge < -0.3 is 15.0 Å². The first-order valence-corrected chi connectivity index (χ1v) is 13.1. The number of anilines is 3. The van der Waals surface area contributed by atoms with Crippen LogP contribution in [-0.2, 0) is 6.54 Å². The van der Waals surface area contributed by atoms with Gasteiger partial charge in [-0.2, -0.15) is 5.10 Å². The molecule has 3 saturated heterocycles. The maximum Gasteiger partial charge on any atom is 0.212 e. The number of hydrogen-bond donors (Lipinski definition) is 2. The van der Waals surface area contributed by atoms with Crippen molar-refractivity contribution in [3.63, 3.8) is 0 Å². The lowest BCUT2D eigenvalue weighted by molar-refractivity contribution is -0.00876. The van der Waals surface area contributed by atoms with Crippen LogP contribution in [-0.4, -0.2) is 67.3 Å². The van der Waals surface area contributed by atoms with Crippen LogP contribution in [0.3, 0.4) is 0 Å². The molecule has 0 aliphatic carbocycles. The minimum atomic E-state index is 0.524. The van der Waals surface area contributed by atoms with E-state index in [1.54, 1.807) is 7.11 Å². The molecule has 2 unspecified atom stereocenters. The summed E-state index contributed by atoms with van der Waals surface area (Å²) < 4.78 is 5.19. The highest BCUT2D eigenvalue weighted by atomic mass is 16.5. The van der Waals surface area contributed by atoms with Crippen molar-refractivity contribution in [2.24, 2.45) is 0 Å². The summed E-state index contributed by atoms with van der Waals surface area (Å²) in [7, 11) is 1.64. The Hall–Kier alpha value is -4.57. The zero-order valence-corrected chi connectivity index (χ0v) is 21.9. The monoisotopic (exact) mass is 519 g/mol. The van der Waals surface area contributed by atoms with Crippen molar-refractivity contribution in [1.29, 1.82) is 0 Å². The quantitative estimate of drug-likeness (QED) is 0.325. The molecule has 0 radical (unpaired) electrons. The number of ether oxygens (including phenoxy) is 1. The van der Waals surface area contributed by atoms with Crippen molar-refractivity contribution in [1.82, 2.24) is 35.0 Å². The van der Waals surface area contributed by atoms with Gasteiger partial charge in [-0.15, -0.1) is 0 Å². The number of aryl methyl sites for hydroxylation is 1. The van der Waals surface area contributed by atoms with Gasteiger partial charge in [-0.3, -0.25) is 10.00 Å². The highest BCUT2D eigenvalue weighted by molar-refractivity contribution is 5.91. The first-order chi connectivity index (χ1) is 19.1. The Labute approximate surface area is 226 Å². The van der Waals surface area contributed by atoms with Crippen LogP contribution in [0.25, 0.3) is 22.3 Å². The molecule has 3 aliphatic rings. The van der Waals surface area contributed by atoms with Gasteiger partial charge in [0.15, 0.2) is 11.6 Å². The van der Waals surface area contributed by atoms with Gasteiger partial charge in [-0.25, -0.2) is 19.9 Å². The molecule has 8 rings (SSSR count). The number of methoxy groups -OCH3 is 1. The number of piperidine rings is 1. The predicted molar refractivity (Wildman–Crippen MR) is 150 cm³/mol. The van der Waals surface area contributed by atoms with E-state index in [1.807, 2.05) is 55.7 Å². The number of rotatable bonds is 7. The van der Waals surface area contributed by atoms with E-state index in [1.165, 1.54) is 12.0 Å². The largest absolute Gasteiger partial charge is 0.481 e. The van der Waals surface area contributed by atoms with Crippen molar-refractivity contribution >= 4 is 28.4 Å². The van der Waals surface area contributed by atoms with Gasteiger partial charge in [0, 0.05) is 72.9 Å².